The largest absolute Gasteiger partial charge is 0.484 e. The molecule has 0 radical (unpaired) electrons. The topological polar surface area (TPSA) is 72.8 Å². The van der Waals surface area contributed by atoms with E-state index in [-0.39, 0.29) is 6.10 Å². The van der Waals surface area contributed by atoms with Gasteiger partial charge in [-0.05, 0) is 60.4 Å². The van der Waals surface area contributed by atoms with Gasteiger partial charge in [0.1, 0.15) is 17.6 Å². The lowest BCUT2D eigenvalue weighted by molar-refractivity contribution is 0.141. The first-order valence-corrected chi connectivity index (χ1v) is 9.18. The third-order valence-electron chi connectivity index (χ3n) is 4.44. The Kier molecular flexibility index (Phi) is 5.89. The minimum absolute atomic E-state index is 0.202. The second-order valence-electron chi connectivity index (χ2n) is 6.67. The summed E-state index contributed by atoms with van der Waals surface area (Å²) in [7, 11) is 0. The van der Waals surface area contributed by atoms with Gasteiger partial charge in [-0.25, -0.2) is 9.89 Å². The van der Waals surface area contributed by atoms with E-state index < -0.39 is 5.69 Å². The smallest absolute Gasteiger partial charge is 0.365 e. The summed E-state index contributed by atoms with van der Waals surface area (Å²) in [6, 6.07) is 18.5. The molecule has 1 aromatic heterocycles. The number of hydrogen-bond acceptors (Lipinski definition) is 4. The minimum Gasteiger partial charge on any atom is -0.484 e. The fourth-order valence-electron chi connectivity index (χ4n) is 2.96. The summed E-state index contributed by atoms with van der Waals surface area (Å²) in [5, 5.41) is 9.71. The molecule has 0 fully saturated rings. The van der Waals surface area contributed by atoms with Gasteiger partial charge >= 0.3 is 5.69 Å². The quantitative estimate of drug-likeness (QED) is 0.505. The second kappa shape index (κ2) is 8.52. The highest BCUT2D eigenvalue weighted by Crippen LogP contribution is 2.29. The summed E-state index contributed by atoms with van der Waals surface area (Å²) >= 11 is 0. The third-order valence-corrected chi connectivity index (χ3v) is 4.44. The van der Waals surface area contributed by atoms with Crippen LogP contribution in [-0.2, 0) is 4.74 Å². The fourth-order valence-corrected chi connectivity index (χ4v) is 2.96. The number of aromatic nitrogens is 4. The van der Waals surface area contributed by atoms with Gasteiger partial charge in [0.15, 0.2) is 0 Å². The normalized spacial score (nSPS) is 12.5. The van der Waals surface area contributed by atoms with Crippen molar-refractivity contribution in [3.63, 3.8) is 0 Å². The van der Waals surface area contributed by atoms with Crippen LogP contribution in [0.5, 0.6) is 0 Å². The molecule has 1 heterocycles. The van der Waals surface area contributed by atoms with E-state index >= 15 is 0 Å². The molecule has 28 heavy (non-hydrogen) atoms. The highest BCUT2D eigenvalue weighted by Gasteiger charge is 2.18. The number of nitrogens with one attached hydrogen (secondary N) is 1. The maximum Gasteiger partial charge on any atom is 0.365 e. The molecule has 1 atom stereocenters. The molecule has 0 amide bonds. The maximum atomic E-state index is 11.9. The van der Waals surface area contributed by atoms with Crippen LogP contribution in [0.25, 0.3) is 16.8 Å². The molecule has 6 nitrogen and oxygen atoms in total. The van der Waals surface area contributed by atoms with Crippen molar-refractivity contribution in [1.29, 1.82) is 0 Å². The van der Waals surface area contributed by atoms with Crippen LogP contribution in [-0.4, -0.2) is 20.2 Å². The maximum absolute atomic E-state index is 11.9. The van der Waals surface area contributed by atoms with Crippen LogP contribution < -0.4 is 5.69 Å². The van der Waals surface area contributed by atoms with Gasteiger partial charge in [0.2, 0.25) is 0 Å². The van der Waals surface area contributed by atoms with Crippen molar-refractivity contribution < 1.29 is 4.74 Å². The molecule has 0 aliphatic rings. The zero-order chi connectivity index (χ0) is 20.1. The molecule has 3 aromatic rings. The van der Waals surface area contributed by atoms with E-state index in [0.717, 1.165) is 16.7 Å². The Morgan fingerprint density at radius 1 is 1.07 bits per heavy atom. The lowest BCUT2D eigenvalue weighted by atomic mass is 10.0. The van der Waals surface area contributed by atoms with Crippen molar-refractivity contribution in [2.24, 2.45) is 0 Å². The molecule has 0 aliphatic carbocycles. The van der Waals surface area contributed by atoms with Crippen LogP contribution in [0.2, 0.25) is 0 Å². The van der Waals surface area contributed by atoms with Gasteiger partial charge in [-0.3, -0.25) is 0 Å². The molecule has 0 saturated carbocycles. The fraction of sp³-hybridized carbons (Fsp3) is 0.227. The number of hydrogen-bond donors (Lipinski definition) is 1. The molecule has 6 heteroatoms. The van der Waals surface area contributed by atoms with Crippen molar-refractivity contribution >= 4 is 5.70 Å². The molecule has 2 aromatic carbocycles. The van der Waals surface area contributed by atoms with Crippen LogP contribution in [0.3, 0.4) is 0 Å². The van der Waals surface area contributed by atoms with Crippen LogP contribution in [0, 0.1) is 0 Å². The number of H-pyrrole nitrogens is 1. The highest BCUT2D eigenvalue weighted by atomic mass is 16.5. The van der Waals surface area contributed by atoms with Crippen molar-refractivity contribution in [3.8, 4) is 11.1 Å². The first kappa shape index (κ1) is 19.4. The Morgan fingerprint density at radius 3 is 2.25 bits per heavy atom. The molecule has 1 unspecified atom stereocenters. The highest BCUT2D eigenvalue weighted by molar-refractivity contribution is 5.64. The Morgan fingerprint density at radius 2 is 1.71 bits per heavy atom. The molecule has 1 N–H and O–H groups in total. The number of rotatable bonds is 6. The van der Waals surface area contributed by atoms with Gasteiger partial charge in [0, 0.05) is 0 Å². The third kappa shape index (κ3) is 4.11. The van der Waals surface area contributed by atoms with E-state index in [4.69, 9.17) is 4.74 Å². The summed E-state index contributed by atoms with van der Waals surface area (Å²) in [5.41, 5.74) is 4.47. The minimum atomic E-state index is -0.407. The number of benzene rings is 2. The Bertz CT molecular complexity index is 1040. The molecular formula is C22H24N4O2. The van der Waals surface area contributed by atoms with Crippen LogP contribution in [0.15, 0.2) is 76.8 Å². The van der Waals surface area contributed by atoms with Crippen molar-refractivity contribution in [2.45, 2.75) is 33.8 Å². The summed E-state index contributed by atoms with van der Waals surface area (Å²) in [6.45, 7) is 7.70. The Hall–Kier alpha value is -3.41. The molecule has 0 saturated heterocycles. The molecule has 144 valence electrons. The first-order chi connectivity index (χ1) is 13.5. The Labute approximate surface area is 164 Å². The average molecular weight is 376 g/mol. The lowest BCUT2D eigenvalue weighted by Gasteiger charge is -2.21. The summed E-state index contributed by atoms with van der Waals surface area (Å²) < 4.78 is 7.45. The summed E-state index contributed by atoms with van der Waals surface area (Å²) in [4.78, 5) is 11.9. The van der Waals surface area contributed by atoms with Gasteiger partial charge in [-0.15, -0.1) is 0 Å². The van der Waals surface area contributed by atoms with E-state index in [0.29, 0.717) is 11.5 Å². The molecular weight excluding hydrogens is 352 g/mol. The van der Waals surface area contributed by atoms with E-state index in [1.165, 1.54) is 10.2 Å². The first-order valence-electron chi connectivity index (χ1n) is 9.18. The summed E-state index contributed by atoms with van der Waals surface area (Å²) in [5.74, 6) is 0.609. The number of aromatic amines is 1. The van der Waals surface area contributed by atoms with E-state index in [1.807, 2.05) is 45.9 Å². The number of ether oxygens (including phenoxy) is 1. The predicted octanol–water partition coefficient (Wildman–Crippen LogP) is 4.57. The van der Waals surface area contributed by atoms with Gasteiger partial charge in [0.25, 0.3) is 0 Å². The lowest BCUT2D eigenvalue weighted by Crippen LogP contribution is -2.20. The molecule has 0 aliphatic heterocycles. The van der Waals surface area contributed by atoms with Crippen LogP contribution in [0.1, 0.15) is 39.4 Å². The van der Waals surface area contributed by atoms with Crippen molar-refractivity contribution in [1.82, 2.24) is 20.2 Å². The SMILES string of the molecule is C/C=C(\C(OC(C)c1ccc(-c2ccccc2)cc1)=C(C)C)n1nn[nH]c1=O. The number of allylic oxidation sites excluding steroid dienone is 3. The number of nitrogens with zero attached hydrogens (tertiary/aromatic N) is 3. The molecule has 0 spiro atoms. The standard InChI is InChI=1S/C22H24N4O2/c1-5-20(26-22(27)23-24-25-26)21(15(2)3)28-16(4)17-11-13-19(14-12-17)18-9-7-6-8-10-18/h5-14,16H,1-4H3,(H,23,25,27)/b20-5+. The van der Waals surface area contributed by atoms with Crippen LogP contribution in [0.4, 0.5) is 0 Å². The zero-order valence-electron chi connectivity index (χ0n) is 16.5. The molecule has 3 rings (SSSR count). The van der Waals surface area contributed by atoms with Crippen molar-refractivity contribution in [3.05, 3.63) is 88.1 Å². The summed E-state index contributed by atoms with van der Waals surface area (Å²) in [6.07, 6.45) is 1.59. The van der Waals surface area contributed by atoms with Crippen molar-refractivity contribution in [2.75, 3.05) is 0 Å². The van der Waals surface area contributed by atoms with E-state index in [9.17, 15) is 4.79 Å². The van der Waals surface area contributed by atoms with Gasteiger partial charge in [-0.2, -0.15) is 4.68 Å². The van der Waals surface area contributed by atoms with Gasteiger partial charge in [0.05, 0.1) is 0 Å². The zero-order valence-corrected chi connectivity index (χ0v) is 16.5. The van der Waals surface area contributed by atoms with Gasteiger partial charge < -0.3 is 4.74 Å². The van der Waals surface area contributed by atoms with E-state index in [2.05, 4.69) is 51.9 Å². The van der Waals surface area contributed by atoms with Crippen LogP contribution >= 0.6 is 0 Å². The predicted molar refractivity (Wildman–Crippen MR) is 110 cm³/mol. The van der Waals surface area contributed by atoms with E-state index in [1.54, 1.807) is 6.08 Å². The van der Waals surface area contributed by atoms with Gasteiger partial charge in [-0.1, -0.05) is 60.7 Å². The average Bonchev–Trinajstić information content (AvgIpc) is 3.14. The number of tetrazole rings is 1. The molecule has 0 bridgehead atoms. The Balaban J connectivity index is 1.84. The monoisotopic (exact) mass is 376 g/mol. The second-order valence-corrected chi connectivity index (χ2v) is 6.67.